The second-order valence-electron chi connectivity index (χ2n) is 6.07. The highest BCUT2D eigenvalue weighted by molar-refractivity contribution is 6.30. The molecule has 1 aromatic carbocycles. The fourth-order valence-corrected chi connectivity index (χ4v) is 3.54. The summed E-state index contributed by atoms with van der Waals surface area (Å²) in [5.74, 6) is -0.426. The number of rotatable bonds is 4. The molecule has 6 heteroatoms. The van der Waals surface area contributed by atoms with Gasteiger partial charge in [0.2, 0.25) is 5.91 Å². The molecule has 2 bridgehead atoms. The Hall–Kier alpha value is -1.59. The fourth-order valence-electron chi connectivity index (χ4n) is 3.35. The van der Waals surface area contributed by atoms with Crippen molar-refractivity contribution in [2.45, 2.75) is 43.8 Å². The van der Waals surface area contributed by atoms with E-state index in [0.29, 0.717) is 22.7 Å². The topological polar surface area (TPSA) is 70.2 Å². The van der Waals surface area contributed by atoms with E-state index in [0.717, 1.165) is 12.8 Å². The van der Waals surface area contributed by atoms with Gasteiger partial charge in [0.05, 0.1) is 6.54 Å². The monoisotopic (exact) mass is 321 g/mol. The summed E-state index contributed by atoms with van der Waals surface area (Å²) in [5, 5.41) is 9.69. The van der Waals surface area contributed by atoms with Crippen molar-refractivity contribution in [2.75, 3.05) is 6.54 Å². The molecule has 0 aromatic heterocycles. The average molecular weight is 322 g/mol. The number of piperidine rings is 1. The van der Waals surface area contributed by atoms with Crippen molar-refractivity contribution in [1.82, 2.24) is 16.0 Å². The summed E-state index contributed by atoms with van der Waals surface area (Å²) < 4.78 is 0. The Labute approximate surface area is 134 Å². The molecule has 2 saturated heterocycles. The molecule has 118 valence electrons. The zero-order valence-electron chi connectivity index (χ0n) is 12.3. The van der Waals surface area contributed by atoms with Crippen molar-refractivity contribution in [3.05, 3.63) is 34.9 Å². The Morgan fingerprint density at radius 3 is 2.64 bits per heavy atom. The minimum Gasteiger partial charge on any atom is -0.352 e. The van der Waals surface area contributed by atoms with Crippen LogP contribution < -0.4 is 16.0 Å². The fraction of sp³-hybridized carbons (Fsp3) is 0.500. The third kappa shape index (κ3) is 3.78. The van der Waals surface area contributed by atoms with Crippen LogP contribution in [-0.4, -0.2) is 36.5 Å². The smallest absolute Gasteiger partial charge is 0.251 e. The van der Waals surface area contributed by atoms with Gasteiger partial charge in [-0.15, -0.1) is 0 Å². The van der Waals surface area contributed by atoms with Gasteiger partial charge in [-0.2, -0.15) is 0 Å². The Morgan fingerprint density at radius 2 is 1.95 bits per heavy atom. The van der Waals surface area contributed by atoms with Crippen LogP contribution in [0.3, 0.4) is 0 Å². The van der Waals surface area contributed by atoms with Crippen LogP contribution in [0.15, 0.2) is 24.3 Å². The quantitative estimate of drug-likeness (QED) is 0.786. The van der Waals surface area contributed by atoms with Crippen molar-refractivity contribution in [2.24, 2.45) is 0 Å². The lowest BCUT2D eigenvalue weighted by Crippen LogP contribution is -2.50. The lowest BCUT2D eigenvalue weighted by Gasteiger charge is -2.29. The molecule has 0 spiro atoms. The predicted octanol–water partition coefficient (Wildman–Crippen LogP) is 1.47. The van der Waals surface area contributed by atoms with Crippen LogP contribution in [0.2, 0.25) is 5.02 Å². The molecule has 2 heterocycles. The molecule has 2 fully saturated rings. The summed E-state index contributed by atoms with van der Waals surface area (Å²) in [4.78, 5) is 23.9. The molecule has 3 N–H and O–H groups in total. The van der Waals surface area contributed by atoms with E-state index in [2.05, 4.69) is 16.0 Å². The van der Waals surface area contributed by atoms with Gasteiger partial charge in [-0.05, 0) is 43.9 Å². The highest BCUT2D eigenvalue weighted by Crippen LogP contribution is 2.26. The lowest BCUT2D eigenvalue weighted by atomic mass is 10.00. The Bertz CT molecular complexity index is 566. The summed E-state index contributed by atoms with van der Waals surface area (Å²) in [6.45, 7) is -0.00932. The van der Waals surface area contributed by atoms with Crippen molar-refractivity contribution in [3.8, 4) is 0 Å². The summed E-state index contributed by atoms with van der Waals surface area (Å²) in [6.07, 6.45) is 4.35. The zero-order chi connectivity index (χ0) is 15.5. The number of carbonyl (C=O) groups excluding carboxylic acids is 2. The molecule has 2 unspecified atom stereocenters. The Balaban J connectivity index is 1.45. The van der Waals surface area contributed by atoms with Crippen LogP contribution in [0.5, 0.6) is 0 Å². The zero-order valence-corrected chi connectivity index (χ0v) is 13.0. The first-order chi connectivity index (χ1) is 10.6. The van der Waals surface area contributed by atoms with Crippen LogP contribution >= 0.6 is 11.6 Å². The molecule has 2 aliphatic heterocycles. The maximum atomic E-state index is 12.0. The van der Waals surface area contributed by atoms with Crippen molar-refractivity contribution in [1.29, 1.82) is 0 Å². The van der Waals surface area contributed by atoms with Gasteiger partial charge in [0, 0.05) is 28.7 Å². The van der Waals surface area contributed by atoms with E-state index in [1.165, 1.54) is 12.8 Å². The van der Waals surface area contributed by atoms with Crippen LogP contribution in [0.1, 0.15) is 36.0 Å². The minimum absolute atomic E-state index is 0.00932. The molecule has 2 aliphatic rings. The predicted molar refractivity (Wildman–Crippen MR) is 84.9 cm³/mol. The van der Waals surface area contributed by atoms with Crippen molar-refractivity contribution >= 4 is 23.4 Å². The van der Waals surface area contributed by atoms with Gasteiger partial charge in [-0.25, -0.2) is 0 Å². The molecule has 22 heavy (non-hydrogen) atoms. The lowest BCUT2D eigenvalue weighted by molar-refractivity contribution is -0.121. The largest absolute Gasteiger partial charge is 0.352 e. The first-order valence-corrected chi connectivity index (χ1v) is 8.07. The van der Waals surface area contributed by atoms with Crippen LogP contribution in [0, 0.1) is 0 Å². The van der Waals surface area contributed by atoms with E-state index in [9.17, 15) is 9.59 Å². The average Bonchev–Trinajstić information content (AvgIpc) is 2.83. The molecule has 0 saturated carbocycles. The second-order valence-corrected chi connectivity index (χ2v) is 6.50. The van der Waals surface area contributed by atoms with Gasteiger partial charge in [-0.1, -0.05) is 17.7 Å². The van der Waals surface area contributed by atoms with Crippen molar-refractivity contribution < 1.29 is 9.59 Å². The van der Waals surface area contributed by atoms with Gasteiger partial charge in [0.25, 0.3) is 5.91 Å². The number of benzene rings is 1. The van der Waals surface area contributed by atoms with Crippen molar-refractivity contribution in [3.63, 3.8) is 0 Å². The van der Waals surface area contributed by atoms with Gasteiger partial charge in [-0.3, -0.25) is 9.59 Å². The molecule has 2 amide bonds. The number of amides is 2. The molecular weight excluding hydrogens is 302 g/mol. The Kier molecular flexibility index (Phi) is 4.64. The van der Waals surface area contributed by atoms with Crippen LogP contribution in [0.4, 0.5) is 0 Å². The SMILES string of the molecule is O=C(CNC(=O)c1cccc(Cl)c1)NC1CC2CCC(C1)N2. The van der Waals surface area contributed by atoms with E-state index < -0.39 is 0 Å². The molecular formula is C16H20ClN3O2. The normalized spacial score (nSPS) is 26.5. The first kappa shape index (κ1) is 15.3. The second kappa shape index (κ2) is 6.67. The van der Waals surface area contributed by atoms with Crippen LogP contribution in [0.25, 0.3) is 0 Å². The first-order valence-electron chi connectivity index (χ1n) is 7.69. The molecule has 3 rings (SSSR count). The molecule has 5 nitrogen and oxygen atoms in total. The molecule has 2 atom stereocenters. The van der Waals surface area contributed by atoms with Gasteiger partial charge >= 0.3 is 0 Å². The summed E-state index contributed by atoms with van der Waals surface area (Å²) >= 11 is 5.85. The number of fused-ring (bicyclic) bond motifs is 2. The summed E-state index contributed by atoms with van der Waals surface area (Å²) in [6, 6.07) is 7.95. The highest BCUT2D eigenvalue weighted by Gasteiger charge is 2.33. The van der Waals surface area contributed by atoms with Gasteiger partial charge < -0.3 is 16.0 Å². The van der Waals surface area contributed by atoms with E-state index in [4.69, 9.17) is 11.6 Å². The highest BCUT2D eigenvalue weighted by atomic mass is 35.5. The molecule has 1 aromatic rings. The van der Waals surface area contributed by atoms with Crippen LogP contribution in [-0.2, 0) is 4.79 Å². The maximum absolute atomic E-state index is 12.0. The number of carbonyl (C=O) groups is 2. The minimum atomic E-state index is -0.289. The van der Waals surface area contributed by atoms with Gasteiger partial charge in [0.1, 0.15) is 0 Å². The number of hydrogen-bond donors (Lipinski definition) is 3. The number of halogens is 1. The van der Waals surface area contributed by atoms with Gasteiger partial charge in [0.15, 0.2) is 0 Å². The number of nitrogens with one attached hydrogen (secondary N) is 3. The van der Waals surface area contributed by atoms with E-state index in [1.54, 1.807) is 24.3 Å². The standard InChI is InChI=1S/C16H20ClN3O2/c17-11-3-1-2-10(6-11)16(22)18-9-15(21)20-14-7-12-4-5-13(8-14)19-12/h1-3,6,12-14,19H,4-5,7-9H2,(H,18,22)(H,20,21). The van der Waals surface area contributed by atoms with E-state index >= 15 is 0 Å². The Morgan fingerprint density at radius 1 is 1.23 bits per heavy atom. The third-order valence-corrected chi connectivity index (χ3v) is 4.57. The molecule has 0 aliphatic carbocycles. The summed E-state index contributed by atoms with van der Waals surface area (Å²) in [7, 11) is 0. The summed E-state index contributed by atoms with van der Waals surface area (Å²) in [5.41, 5.74) is 0.459. The third-order valence-electron chi connectivity index (χ3n) is 4.33. The maximum Gasteiger partial charge on any atom is 0.251 e. The van der Waals surface area contributed by atoms with E-state index in [-0.39, 0.29) is 24.4 Å². The number of hydrogen-bond acceptors (Lipinski definition) is 3. The van der Waals surface area contributed by atoms with E-state index in [1.807, 2.05) is 0 Å². The molecule has 0 radical (unpaired) electrons.